The highest BCUT2D eigenvalue weighted by Gasteiger charge is 2.42. The number of nitrogens with one attached hydrogen (secondary N) is 1. The fourth-order valence-electron chi connectivity index (χ4n) is 2.15. The van der Waals surface area contributed by atoms with Crippen LogP contribution in [0, 0.1) is 17.0 Å². The Kier molecular flexibility index (Phi) is 4.18. The van der Waals surface area contributed by atoms with Crippen molar-refractivity contribution in [2.75, 3.05) is 18.4 Å². The van der Waals surface area contributed by atoms with Crippen LogP contribution < -0.4 is 5.32 Å². The summed E-state index contributed by atoms with van der Waals surface area (Å²) in [5.74, 6) is -2.62. The Bertz CT molecular complexity index is 611. The molecule has 2 amide bonds. The maximum atomic E-state index is 13.4. The molecule has 1 atom stereocenters. The molecule has 1 fully saturated rings. The number of rotatable bonds is 2. The summed E-state index contributed by atoms with van der Waals surface area (Å²) in [6.45, 7) is 1.87. The van der Waals surface area contributed by atoms with Crippen molar-refractivity contribution >= 4 is 33.6 Å². The summed E-state index contributed by atoms with van der Waals surface area (Å²) in [7, 11) is 0. The largest absolute Gasteiger partial charge is 0.481 e. The van der Waals surface area contributed by atoms with Crippen molar-refractivity contribution in [2.24, 2.45) is 5.41 Å². The number of amides is 2. The number of anilines is 1. The van der Waals surface area contributed by atoms with E-state index in [0.717, 1.165) is 6.07 Å². The van der Waals surface area contributed by atoms with Crippen LogP contribution in [0.1, 0.15) is 13.3 Å². The van der Waals surface area contributed by atoms with Crippen molar-refractivity contribution in [1.29, 1.82) is 0 Å². The van der Waals surface area contributed by atoms with Crippen LogP contribution >= 0.6 is 15.9 Å². The number of carboxylic acids is 1. The van der Waals surface area contributed by atoms with Crippen molar-refractivity contribution in [1.82, 2.24) is 4.90 Å². The van der Waals surface area contributed by atoms with E-state index in [2.05, 4.69) is 21.2 Å². The fraction of sp³-hybridized carbons (Fsp3) is 0.385. The van der Waals surface area contributed by atoms with Crippen LogP contribution in [0.3, 0.4) is 0 Å². The van der Waals surface area contributed by atoms with Gasteiger partial charge in [-0.25, -0.2) is 13.6 Å². The molecule has 5 nitrogen and oxygen atoms in total. The lowest BCUT2D eigenvalue weighted by Gasteiger charge is -2.21. The zero-order chi connectivity index (χ0) is 15.8. The number of hydrogen-bond acceptors (Lipinski definition) is 2. The molecular weight excluding hydrogens is 350 g/mol. The van der Waals surface area contributed by atoms with E-state index >= 15 is 0 Å². The summed E-state index contributed by atoms with van der Waals surface area (Å²) in [6, 6.07) is 1.08. The number of carbonyl (C=O) groups is 2. The SMILES string of the molecule is CC1(C(=O)O)CCN(C(=O)Nc2cc(F)cc(F)c2Br)C1. The van der Waals surface area contributed by atoms with Crippen molar-refractivity contribution in [3.8, 4) is 0 Å². The first-order chi connectivity index (χ1) is 9.73. The average Bonchev–Trinajstić information content (AvgIpc) is 2.79. The molecule has 1 aromatic carbocycles. The van der Waals surface area contributed by atoms with Crippen molar-refractivity contribution in [3.63, 3.8) is 0 Å². The highest BCUT2D eigenvalue weighted by atomic mass is 79.9. The molecule has 0 aliphatic carbocycles. The van der Waals surface area contributed by atoms with Gasteiger partial charge >= 0.3 is 12.0 Å². The van der Waals surface area contributed by atoms with Crippen LogP contribution in [0.25, 0.3) is 0 Å². The predicted octanol–water partition coefficient (Wildman–Crippen LogP) is 3.06. The summed E-state index contributed by atoms with van der Waals surface area (Å²) in [4.78, 5) is 24.5. The van der Waals surface area contributed by atoms with E-state index in [1.165, 1.54) is 4.90 Å². The lowest BCUT2D eigenvalue weighted by Crippen LogP contribution is -2.37. The van der Waals surface area contributed by atoms with Crippen LogP contribution in [0.2, 0.25) is 0 Å². The Balaban J connectivity index is 2.12. The molecule has 114 valence electrons. The average molecular weight is 363 g/mol. The maximum Gasteiger partial charge on any atom is 0.321 e. The Morgan fingerprint density at radius 3 is 2.67 bits per heavy atom. The molecule has 1 aromatic rings. The first-order valence-corrected chi connectivity index (χ1v) is 6.96. The van der Waals surface area contributed by atoms with Crippen molar-refractivity contribution < 1.29 is 23.5 Å². The number of halogens is 3. The molecule has 1 aliphatic rings. The van der Waals surface area contributed by atoms with E-state index in [4.69, 9.17) is 5.11 Å². The van der Waals surface area contributed by atoms with Crippen LogP contribution in [0.5, 0.6) is 0 Å². The van der Waals surface area contributed by atoms with Gasteiger partial charge in [-0.05, 0) is 35.3 Å². The summed E-state index contributed by atoms with van der Waals surface area (Å²) < 4.78 is 26.5. The molecule has 21 heavy (non-hydrogen) atoms. The third-order valence-corrected chi connectivity index (χ3v) is 4.32. The third kappa shape index (κ3) is 3.15. The number of aliphatic carboxylic acids is 1. The van der Waals surface area contributed by atoms with E-state index in [1.54, 1.807) is 6.92 Å². The minimum atomic E-state index is -0.998. The standard InChI is InChI=1S/C13H13BrF2N2O3/c1-13(11(19)20)2-3-18(6-13)12(21)17-9-5-7(15)4-8(16)10(9)14/h4-5H,2-3,6H2,1H3,(H,17,21)(H,19,20). The van der Waals surface area contributed by atoms with Gasteiger partial charge in [-0.15, -0.1) is 0 Å². The quantitative estimate of drug-likeness (QED) is 0.794. The van der Waals surface area contributed by atoms with Gasteiger partial charge in [0.15, 0.2) is 0 Å². The molecule has 0 bridgehead atoms. The zero-order valence-corrected chi connectivity index (χ0v) is 12.7. The number of benzene rings is 1. The van der Waals surface area contributed by atoms with Gasteiger partial charge in [-0.1, -0.05) is 0 Å². The molecule has 1 unspecified atom stereocenters. The Labute approximate surface area is 128 Å². The molecule has 0 radical (unpaired) electrons. The number of urea groups is 1. The lowest BCUT2D eigenvalue weighted by molar-refractivity contribution is -0.146. The van der Waals surface area contributed by atoms with E-state index in [1.807, 2.05) is 0 Å². The van der Waals surface area contributed by atoms with Crippen LogP contribution in [-0.4, -0.2) is 35.1 Å². The van der Waals surface area contributed by atoms with E-state index < -0.39 is 29.0 Å². The first-order valence-electron chi connectivity index (χ1n) is 6.17. The molecule has 0 aromatic heterocycles. The predicted molar refractivity (Wildman–Crippen MR) is 75.0 cm³/mol. The Morgan fingerprint density at radius 1 is 1.43 bits per heavy atom. The molecule has 1 aliphatic heterocycles. The van der Waals surface area contributed by atoms with Crippen LogP contribution in [0.15, 0.2) is 16.6 Å². The van der Waals surface area contributed by atoms with Gasteiger partial charge in [-0.3, -0.25) is 4.79 Å². The summed E-state index contributed by atoms with van der Waals surface area (Å²) in [5, 5.41) is 11.5. The molecule has 8 heteroatoms. The lowest BCUT2D eigenvalue weighted by atomic mass is 9.90. The number of carboxylic acid groups (broad SMARTS) is 1. The second-order valence-electron chi connectivity index (χ2n) is 5.22. The molecule has 0 spiro atoms. The van der Waals surface area contributed by atoms with Gasteiger partial charge in [0.2, 0.25) is 0 Å². The van der Waals surface area contributed by atoms with Gasteiger partial charge in [0, 0.05) is 19.2 Å². The fourth-order valence-corrected chi connectivity index (χ4v) is 2.48. The van der Waals surface area contributed by atoms with Gasteiger partial charge in [0.1, 0.15) is 11.6 Å². The third-order valence-electron chi connectivity index (χ3n) is 3.51. The van der Waals surface area contributed by atoms with Gasteiger partial charge in [0.05, 0.1) is 15.6 Å². The van der Waals surface area contributed by atoms with Crippen LogP contribution in [0.4, 0.5) is 19.3 Å². The second-order valence-corrected chi connectivity index (χ2v) is 6.01. The van der Waals surface area contributed by atoms with Crippen LogP contribution in [-0.2, 0) is 4.79 Å². The number of nitrogens with zero attached hydrogens (tertiary/aromatic N) is 1. The first kappa shape index (κ1) is 15.7. The minimum absolute atomic E-state index is 0.0403. The molecule has 1 heterocycles. The molecule has 0 saturated carbocycles. The summed E-state index contributed by atoms with van der Waals surface area (Å²) in [5.41, 5.74) is -1.04. The molecule has 2 rings (SSSR count). The van der Waals surface area contributed by atoms with Gasteiger partial charge in [-0.2, -0.15) is 0 Å². The monoisotopic (exact) mass is 362 g/mol. The second kappa shape index (κ2) is 5.59. The van der Waals surface area contributed by atoms with Gasteiger partial charge in [0.25, 0.3) is 0 Å². The summed E-state index contributed by atoms with van der Waals surface area (Å²) in [6.07, 6.45) is 0.328. The molecular formula is C13H13BrF2N2O3. The van der Waals surface area contributed by atoms with E-state index in [-0.39, 0.29) is 23.2 Å². The highest BCUT2D eigenvalue weighted by Crippen LogP contribution is 2.31. The smallest absolute Gasteiger partial charge is 0.321 e. The normalized spacial score (nSPS) is 21.4. The van der Waals surface area contributed by atoms with E-state index in [9.17, 15) is 18.4 Å². The van der Waals surface area contributed by atoms with Crippen molar-refractivity contribution in [3.05, 3.63) is 28.2 Å². The topological polar surface area (TPSA) is 69.6 Å². The highest BCUT2D eigenvalue weighted by molar-refractivity contribution is 9.10. The Hall–Kier alpha value is -1.70. The summed E-state index contributed by atoms with van der Waals surface area (Å²) >= 11 is 2.93. The van der Waals surface area contributed by atoms with E-state index in [0.29, 0.717) is 12.5 Å². The van der Waals surface area contributed by atoms with Crippen molar-refractivity contribution in [2.45, 2.75) is 13.3 Å². The molecule has 2 N–H and O–H groups in total. The van der Waals surface area contributed by atoms with Gasteiger partial charge < -0.3 is 15.3 Å². The number of hydrogen-bond donors (Lipinski definition) is 2. The Morgan fingerprint density at radius 2 is 2.10 bits per heavy atom. The zero-order valence-electron chi connectivity index (χ0n) is 11.1. The minimum Gasteiger partial charge on any atom is -0.481 e. The number of carbonyl (C=O) groups excluding carboxylic acids is 1. The maximum absolute atomic E-state index is 13.4. The number of likely N-dealkylation sites (tertiary alicyclic amines) is 1. The molecule has 1 saturated heterocycles.